The summed E-state index contributed by atoms with van der Waals surface area (Å²) in [5, 5.41) is 3.26. The Bertz CT molecular complexity index is 548. The van der Waals surface area contributed by atoms with Gasteiger partial charge in [-0.05, 0) is 45.8 Å². The lowest BCUT2D eigenvalue weighted by atomic mass is 10.1. The number of methoxy groups -OCH3 is 1. The molecule has 1 N–H and O–H groups in total. The number of ether oxygens (including phenoxy) is 1. The third-order valence-electron chi connectivity index (χ3n) is 2.63. The van der Waals surface area contributed by atoms with Gasteiger partial charge in [-0.1, -0.05) is 12.1 Å². The van der Waals surface area contributed by atoms with Crippen LogP contribution in [0.3, 0.4) is 0 Å². The molecule has 2 aromatic rings. The highest BCUT2D eigenvalue weighted by molar-refractivity contribution is 9.10. The van der Waals surface area contributed by atoms with Crippen LogP contribution in [-0.4, -0.2) is 13.1 Å². The van der Waals surface area contributed by atoms with E-state index in [-0.39, 0.29) is 5.97 Å². The van der Waals surface area contributed by atoms with Crippen molar-refractivity contribution in [1.82, 2.24) is 5.32 Å². The quantitative estimate of drug-likeness (QED) is 0.859. The zero-order valence-electron chi connectivity index (χ0n) is 10.5. The van der Waals surface area contributed by atoms with E-state index < -0.39 is 0 Å². The first-order valence-corrected chi connectivity index (χ1v) is 6.60. The van der Waals surface area contributed by atoms with Crippen molar-refractivity contribution < 1.29 is 13.9 Å². The normalized spacial score (nSPS) is 10.4. The molecular formula is C14H14BrNO3. The largest absolute Gasteiger partial charge is 0.465 e. The van der Waals surface area contributed by atoms with Gasteiger partial charge in [-0.3, -0.25) is 0 Å². The van der Waals surface area contributed by atoms with E-state index in [4.69, 9.17) is 4.42 Å². The van der Waals surface area contributed by atoms with E-state index in [2.05, 4.69) is 26.0 Å². The number of nitrogens with one attached hydrogen (secondary N) is 1. The summed E-state index contributed by atoms with van der Waals surface area (Å²) < 4.78 is 10.8. The minimum Gasteiger partial charge on any atom is -0.465 e. The third kappa shape index (κ3) is 3.94. The zero-order valence-corrected chi connectivity index (χ0v) is 12.1. The molecule has 0 unspecified atom stereocenters. The first-order valence-electron chi connectivity index (χ1n) is 5.81. The van der Waals surface area contributed by atoms with Crippen LogP contribution >= 0.6 is 15.9 Å². The molecule has 0 bridgehead atoms. The van der Waals surface area contributed by atoms with Crippen LogP contribution in [0.15, 0.2) is 45.5 Å². The summed E-state index contributed by atoms with van der Waals surface area (Å²) >= 11 is 3.26. The highest BCUT2D eigenvalue weighted by Crippen LogP contribution is 2.13. The second-order valence-corrected chi connectivity index (χ2v) is 4.78. The van der Waals surface area contributed by atoms with Gasteiger partial charge in [0.05, 0.1) is 19.2 Å². The lowest BCUT2D eigenvalue weighted by Gasteiger charge is -2.04. The second kappa shape index (κ2) is 6.54. The van der Waals surface area contributed by atoms with Crippen molar-refractivity contribution in [2.24, 2.45) is 0 Å². The van der Waals surface area contributed by atoms with Crippen LogP contribution in [0.5, 0.6) is 0 Å². The lowest BCUT2D eigenvalue weighted by Crippen LogP contribution is -2.12. The number of esters is 1. The number of benzene rings is 1. The molecule has 0 saturated carbocycles. The van der Waals surface area contributed by atoms with E-state index in [0.717, 1.165) is 16.0 Å². The van der Waals surface area contributed by atoms with Crippen LogP contribution in [0.4, 0.5) is 0 Å². The van der Waals surface area contributed by atoms with Crippen LogP contribution in [0, 0.1) is 0 Å². The van der Waals surface area contributed by atoms with Crippen LogP contribution in [0.1, 0.15) is 21.7 Å². The predicted molar refractivity (Wildman–Crippen MR) is 74.7 cm³/mol. The molecule has 0 saturated heterocycles. The molecule has 1 heterocycles. The molecule has 0 aliphatic heterocycles. The Morgan fingerprint density at radius 1 is 1.21 bits per heavy atom. The van der Waals surface area contributed by atoms with Gasteiger partial charge in [0.2, 0.25) is 0 Å². The van der Waals surface area contributed by atoms with Crippen LogP contribution in [0.2, 0.25) is 0 Å². The Hall–Kier alpha value is -1.59. The summed E-state index contributed by atoms with van der Waals surface area (Å²) in [6, 6.07) is 11.1. The molecule has 0 spiro atoms. The number of hydrogen-bond acceptors (Lipinski definition) is 4. The minimum atomic E-state index is -0.319. The van der Waals surface area contributed by atoms with Crippen molar-refractivity contribution in [3.8, 4) is 0 Å². The van der Waals surface area contributed by atoms with Gasteiger partial charge in [0, 0.05) is 6.54 Å². The molecular weight excluding hydrogens is 310 g/mol. The smallest absolute Gasteiger partial charge is 0.337 e. The van der Waals surface area contributed by atoms with Crippen molar-refractivity contribution in [2.75, 3.05) is 7.11 Å². The summed E-state index contributed by atoms with van der Waals surface area (Å²) in [5.74, 6) is 0.554. The molecule has 100 valence electrons. The molecule has 19 heavy (non-hydrogen) atoms. The molecule has 1 aromatic carbocycles. The van der Waals surface area contributed by atoms with E-state index in [0.29, 0.717) is 18.7 Å². The van der Waals surface area contributed by atoms with E-state index in [1.54, 1.807) is 12.1 Å². The number of hydrogen-bond donors (Lipinski definition) is 1. The maximum absolute atomic E-state index is 11.3. The monoisotopic (exact) mass is 323 g/mol. The highest BCUT2D eigenvalue weighted by atomic mass is 79.9. The van der Waals surface area contributed by atoms with E-state index >= 15 is 0 Å². The zero-order chi connectivity index (χ0) is 13.7. The third-order valence-corrected chi connectivity index (χ3v) is 3.06. The van der Waals surface area contributed by atoms with Gasteiger partial charge in [-0.15, -0.1) is 0 Å². The van der Waals surface area contributed by atoms with Crippen LogP contribution in [-0.2, 0) is 17.8 Å². The Labute approximate surface area is 119 Å². The van der Waals surface area contributed by atoms with Crippen LogP contribution < -0.4 is 5.32 Å². The minimum absolute atomic E-state index is 0.319. The maximum atomic E-state index is 11.3. The Balaban J connectivity index is 1.84. The predicted octanol–water partition coefficient (Wildman–Crippen LogP) is 3.12. The van der Waals surface area contributed by atoms with E-state index in [1.165, 1.54) is 7.11 Å². The molecule has 5 heteroatoms. The van der Waals surface area contributed by atoms with E-state index in [9.17, 15) is 4.79 Å². The number of furan rings is 1. The van der Waals surface area contributed by atoms with Gasteiger partial charge in [0.25, 0.3) is 0 Å². The number of rotatable bonds is 5. The average Bonchev–Trinajstić information content (AvgIpc) is 2.84. The highest BCUT2D eigenvalue weighted by Gasteiger charge is 2.04. The van der Waals surface area contributed by atoms with Gasteiger partial charge in [0.1, 0.15) is 5.76 Å². The second-order valence-electron chi connectivity index (χ2n) is 4.00. The van der Waals surface area contributed by atoms with Crippen molar-refractivity contribution in [3.63, 3.8) is 0 Å². The van der Waals surface area contributed by atoms with Crippen molar-refractivity contribution in [3.05, 3.63) is 58.0 Å². The fraction of sp³-hybridized carbons (Fsp3) is 0.214. The summed E-state index contributed by atoms with van der Waals surface area (Å²) in [6.45, 7) is 1.37. The summed E-state index contributed by atoms with van der Waals surface area (Å²) in [6.07, 6.45) is 0. The number of carbonyl (C=O) groups is 1. The van der Waals surface area contributed by atoms with Crippen molar-refractivity contribution >= 4 is 21.9 Å². The summed E-state index contributed by atoms with van der Waals surface area (Å²) in [5.41, 5.74) is 1.65. The van der Waals surface area contributed by atoms with Gasteiger partial charge in [-0.2, -0.15) is 0 Å². The first kappa shape index (κ1) is 13.8. The van der Waals surface area contributed by atoms with Gasteiger partial charge in [-0.25, -0.2) is 4.79 Å². The number of carbonyl (C=O) groups excluding carboxylic acids is 1. The Morgan fingerprint density at radius 2 is 1.95 bits per heavy atom. The molecule has 2 rings (SSSR count). The molecule has 0 fully saturated rings. The average molecular weight is 324 g/mol. The van der Waals surface area contributed by atoms with Gasteiger partial charge < -0.3 is 14.5 Å². The topological polar surface area (TPSA) is 51.5 Å². The first-order chi connectivity index (χ1) is 9.19. The standard InChI is InChI=1S/C14H14BrNO3/c1-18-14(17)11-4-2-10(3-5-11)8-16-9-12-6-7-13(15)19-12/h2-7,16H,8-9H2,1H3. The SMILES string of the molecule is COC(=O)c1ccc(CNCc2ccc(Br)o2)cc1. The molecule has 0 atom stereocenters. The Kier molecular flexibility index (Phi) is 4.76. The molecule has 1 aromatic heterocycles. The van der Waals surface area contributed by atoms with Crippen molar-refractivity contribution in [1.29, 1.82) is 0 Å². The lowest BCUT2D eigenvalue weighted by molar-refractivity contribution is 0.0600. The fourth-order valence-electron chi connectivity index (χ4n) is 1.65. The Morgan fingerprint density at radius 3 is 2.53 bits per heavy atom. The molecule has 0 radical (unpaired) electrons. The molecule has 4 nitrogen and oxygen atoms in total. The van der Waals surface area contributed by atoms with Crippen molar-refractivity contribution in [2.45, 2.75) is 13.1 Å². The summed E-state index contributed by atoms with van der Waals surface area (Å²) in [7, 11) is 1.37. The fourth-order valence-corrected chi connectivity index (χ4v) is 1.99. The maximum Gasteiger partial charge on any atom is 0.337 e. The molecule has 0 amide bonds. The van der Waals surface area contributed by atoms with Gasteiger partial charge >= 0.3 is 5.97 Å². The van der Waals surface area contributed by atoms with Gasteiger partial charge in [0.15, 0.2) is 4.67 Å². The number of halogens is 1. The molecule has 0 aliphatic rings. The van der Waals surface area contributed by atoms with Crippen LogP contribution in [0.25, 0.3) is 0 Å². The summed E-state index contributed by atoms with van der Waals surface area (Å²) in [4.78, 5) is 11.3. The van der Waals surface area contributed by atoms with E-state index in [1.807, 2.05) is 24.3 Å². The molecule has 0 aliphatic carbocycles.